The second-order valence-electron chi connectivity index (χ2n) is 4.55. The molecule has 0 unspecified atom stereocenters. The Morgan fingerprint density at radius 3 is 2.45 bits per heavy atom. The van der Waals surface area contributed by atoms with E-state index in [2.05, 4.69) is 18.2 Å². The number of esters is 2. The van der Waals surface area contributed by atoms with Gasteiger partial charge in [-0.25, -0.2) is 9.59 Å². The van der Waals surface area contributed by atoms with Gasteiger partial charge in [0.25, 0.3) is 0 Å². The van der Waals surface area contributed by atoms with E-state index < -0.39 is 24.5 Å². The lowest BCUT2D eigenvalue weighted by Crippen LogP contribution is -2.19. The summed E-state index contributed by atoms with van der Waals surface area (Å²) in [7, 11) is 0. The fourth-order valence-corrected chi connectivity index (χ4v) is 1.48. The smallest absolute Gasteiger partial charge is 0.341 e. The largest absolute Gasteiger partial charge is 0.479 e. The molecule has 0 saturated carbocycles. The Labute approximate surface area is 118 Å². The minimum Gasteiger partial charge on any atom is -0.479 e. The van der Waals surface area contributed by atoms with Crippen LogP contribution in [0.5, 0.6) is 0 Å². The van der Waals surface area contributed by atoms with Crippen molar-refractivity contribution in [2.24, 2.45) is 0 Å². The molecule has 6 nitrogen and oxygen atoms in total. The van der Waals surface area contributed by atoms with Crippen LogP contribution in [0.25, 0.3) is 0 Å². The Hall–Kier alpha value is -1.85. The van der Waals surface area contributed by atoms with E-state index in [1.807, 2.05) is 0 Å². The van der Waals surface area contributed by atoms with Gasteiger partial charge in [-0.3, -0.25) is 4.79 Å². The number of carbonyl (C=O) groups excluding carboxylic acids is 2. The number of carboxylic acids is 1. The van der Waals surface area contributed by atoms with E-state index in [0.29, 0.717) is 0 Å². The Morgan fingerprint density at radius 1 is 1.25 bits per heavy atom. The molecule has 1 atom stereocenters. The number of unbranched alkanes of at least 4 members (excludes halogenated alkanes) is 2. The number of hydrogen-bond donors (Lipinski definition) is 1. The van der Waals surface area contributed by atoms with Crippen molar-refractivity contribution >= 4 is 17.9 Å². The molecule has 0 radical (unpaired) electrons. The van der Waals surface area contributed by atoms with Crippen molar-refractivity contribution in [1.82, 2.24) is 0 Å². The molecule has 1 N–H and O–H groups in total. The van der Waals surface area contributed by atoms with Crippen molar-refractivity contribution in [2.45, 2.75) is 52.1 Å². The van der Waals surface area contributed by atoms with Crippen molar-refractivity contribution in [1.29, 1.82) is 0 Å². The van der Waals surface area contributed by atoms with Crippen molar-refractivity contribution in [3.05, 3.63) is 12.2 Å². The molecule has 0 aliphatic heterocycles. The van der Waals surface area contributed by atoms with Crippen LogP contribution in [0.3, 0.4) is 0 Å². The third-order valence-corrected chi connectivity index (χ3v) is 2.52. The number of carbonyl (C=O) groups is 3. The van der Waals surface area contributed by atoms with E-state index in [4.69, 9.17) is 9.84 Å². The molecule has 0 fully saturated rings. The van der Waals surface area contributed by atoms with Crippen LogP contribution in [0, 0.1) is 0 Å². The highest BCUT2D eigenvalue weighted by Gasteiger charge is 2.17. The molecule has 114 valence electrons. The summed E-state index contributed by atoms with van der Waals surface area (Å²) in [5.41, 5.74) is -0.114. The second-order valence-corrected chi connectivity index (χ2v) is 4.55. The summed E-state index contributed by atoms with van der Waals surface area (Å²) in [5.74, 6) is -2.73. The number of aliphatic carboxylic acids is 1. The van der Waals surface area contributed by atoms with Crippen LogP contribution in [0.2, 0.25) is 0 Å². The van der Waals surface area contributed by atoms with Crippen molar-refractivity contribution in [3.63, 3.8) is 0 Å². The first-order valence-electron chi connectivity index (χ1n) is 6.63. The van der Waals surface area contributed by atoms with E-state index in [-0.39, 0.29) is 18.1 Å². The summed E-state index contributed by atoms with van der Waals surface area (Å²) < 4.78 is 9.52. The van der Waals surface area contributed by atoms with Crippen molar-refractivity contribution in [3.8, 4) is 0 Å². The van der Waals surface area contributed by atoms with Gasteiger partial charge in [-0.2, -0.15) is 0 Å². The fourth-order valence-electron chi connectivity index (χ4n) is 1.48. The maximum absolute atomic E-state index is 11.5. The highest BCUT2D eigenvalue weighted by molar-refractivity contribution is 5.94. The normalized spacial score (nSPS) is 11.5. The maximum Gasteiger partial charge on any atom is 0.341 e. The van der Waals surface area contributed by atoms with E-state index >= 15 is 0 Å². The predicted molar refractivity (Wildman–Crippen MR) is 72.0 cm³/mol. The Bertz CT molecular complexity index is 361. The lowest BCUT2D eigenvalue weighted by molar-refractivity contribution is -0.154. The Balaban J connectivity index is 3.97. The van der Waals surface area contributed by atoms with Crippen LogP contribution in [-0.4, -0.2) is 35.7 Å². The molecule has 0 heterocycles. The van der Waals surface area contributed by atoms with Crippen LogP contribution in [0.1, 0.15) is 46.0 Å². The van der Waals surface area contributed by atoms with E-state index in [9.17, 15) is 14.4 Å². The summed E-state index contributed by atoms with van der Waals surface area (Å²) in [4.78, 5) is 33.0. The van der Waals surface area contributed by atoms with Crippen LogP contribution in [0.4, 0.5) is 0 Å². The first-order valence-corrected chi connectivity index (χ1v) is 6.63. The lowest BCUT2D eigenvalue weighted by atomic mass is 10.1. The topological polar surface area (TPSA) is 89.9 Å². The summed E-state index contributed by atoms with van der Waals surface area (Å²) in [6.07, 6.45) is 3.42. The average molecular weight is 286 g/mol. The SMILES string of the molecule is C=C(CC(=O)O[C@H](C)CCCCC)C(=O)OCC(=O)O. The second kappa shape index (κ2) is 10.00. The first-order chi connectivity index (χ1) is 9.36. The number of ether oxygens (including phenoxy) is 2. The predicted octanol–water partition coefficient (Wildman–Crippen LogP) is 2.07. The molecule has 0 aliphatic rings. The quantitative estimate of drug-likeness (QED) is 0.375. The van der Waals surface area contributed by atoms with Crippen LogP contribution < -0.4 is 0 Å². The van der Waals surface area contributed by atoms with Gasteiger partial charge in [0, 0.05) is 5.57 Å². The first kappa shape index (κ1) is 18.1. The minimum atomic E-state index is -1.27. The Morgan fingerprint density at radius 2 is 1.90 bits per heavy atom. The van der Waals surface area contributed by atoms with Gasteiger partial charge < -0.3 is 14.6 Å². The molecule has 0 aliphatic carbocycles. The molecule has 6 heteroatoms. The van der Waals surface area contributed by atoms with Gasteiger partial charge in [0.15, 0.2) is 6.61 Å². The molecule has 0 aromatic rings. The number of hydrogen-bond acceptors (Lipinski definition) is 5. The fraction of sp³-hybridized carbons (Fsp3) is 0.643. The molecule has 0 amide bonds. The molecular formula is C14H22O6. The molecule has 0 saturated heterocycles. The summed E-state index contributed by atoms with van der Waals surface area (Å²) in [5, 5.41) is 8.35. The van der Waals surface area contributed by atoms with Crippen molar-refractivity contribution < 1.29 is 29.0 Å². The molecule has 0 aromatic heterocycles. The van der Waals surface area contributed by atoms with Crippen LogP contribution in [-0.2, 0) is 23.9 Å². The van der Waals surface area contributed by atoms with Gasteiger partial charge in [-0.1, -0.05) is 26.3 Å². The number of rotatable bonds is 10. The van der Waals surface area contributed by atoms with Gasteiger partial charge in [0.1, 0.15) is 0 Å². The molecule has 20 heavy (non-hydrogen) atoms. The van der Waals surface area contributed by atoms with Gasteiger partial charge in [-0.05, 0) is 19.8 Å². The van der Waals surface area contributed by atoms with Gasteiger partial charge in [-0.15, -0.1) is 0 Å². The van der Waals surface area contributed by atoms with E-state index in [0.717, 1.165) is 25.7 Å². The number of carboxylic acid groups (broad SMARTS) is 1. The summed E-state index contributed by atoms with van der Waals surface area (Å²) in [6.45, 7) is 6.51. The van der Waals surface area contributed by atoms with Crippen LogP contribution in [0.15, 0.2) is 12.2 Å². The minimum absolute atomic E-state index is 0.114. The monoisotopic (exact) mass is 286 g/mol. The average Bonchev–Trinajstić information content (AvgIpc) is 2.35. The lowest BCUT2D eigenvalue weighted by Gasteiger charge is -2.13. The third kappa shape index (κ3) is 9.13. The summed E-state index contributed by atoms with van der Waals surface area (Å²) in [6, 6.07) is 0. The Kier molecular flexibility index (Phi) is 9.07. The van der Waals surface area contributed by atoms with Crippen molar-refractivity contribution in [2.75, 3.05) is 6.61 Å². The summed E-state index contributed by atoms with van der Waals surface area (Å²) >= 11 is 0. The zero-order chi connectivity index (χ0) is 15.5. The highest BCUT2D eigenvalue weighted by Crippen LogP contribution is 2.09. The zero-order valence-corrected chi connectivity index (χ0v) is 12.0. The van der Waals surface area contributed by atoms with Gasteiger partial charge in [0.05, 0.1) is 12.5 Å². The van der Waals surface area contributed by atoms with Gasteiger partial charge in [0.2, 0.25) is 0 Å². The van der Waals surface area contributed by atoms with E-state index in [1.165, 1.54) is 0 Å². The van der Waals surface area contributed by atoms with Crippen LogP contribution >= 0.6 is 0 Å². The third-order valence-electron chi connectivity index (χ3n) is 2.52. The molecule has 0 rings (SSSR count). The highest BCUT2D eigenvalue weighted by atomic mass is 16.6. The molecule has 0 aromatic carbocycles. The maximum atomic E-state index is 11.5. The van der Waals surface area contributed by atoms with E-state index in [1.54, 1.807) is 6.92 Å². The molecule has 0 spiro atoms. The zero-order valence-electron chi connectivity index (χ0n) is 12.0. The van der Waals surface area contributed by atoms with Gasteiger partial charge >= 0.3 is 17.9 Å². The molecule has 0 bridgehead atoms. The standard InChI is InChI=1S/C14H22O6/c1-4-5-6-7-11(3)20-13(17)8-10(2)14(18)19-9-12(15)16/h11H,2,4-9H2,1,3H3,(H,15,16)/t11-/m1/s1. The molecular weight excluding hydrogens is 264 g/mol.